The Hall–Kier alpha value is -4.23. The molecule has 150 valence electrons. The lowest BCUT2D eigenvalue weighted by Crippen LogP contribution is -1.97. The summed E-state index contributed by atoms with van der Waals surface area (Å²) in [6.07, 6.45) is 1.51. The second kappa shape index (κ2) is 9.31. The Labute approximate surface area is 174 Å². The zero-order chi connectivity index (χ0) is 21.5. The molecule has 1 aromatic heterocycles. The molecule has 0 spiro atoms. The van der Waals surface area contributed by atoms with Crippen molar-refractivity contribution in [2.45, 2.75) is 13.5 Å². The van der Waals surface area contributed by atoms with Gasteiger partial charge in [0, 0.05) is 0 Å². The van der Waals surface area contributed by atoms with Crippen molar-refractivity contribution < 1.29 is 18.6 Å². The SMILES string of the molecule is COc1ccc(OC)c(-c2nc(COc3ccc(C=C(C#N)C#N)cc3)c(C)o2)c1. The number of aromatic nitrogens is 1. The minimum absolute atomic E-state index is 0.0439. The van der Waals surface area contributed by atoms with Gasteiger partial charge in [0.25, 0.3) is 0 Å². The van der Waals surface area contributed by atoms with Crippen molar-refractivity contribution in [3.8, 4) is 40.8 Å². The van der Waals surface area contributed by atoms with Crippen LogP contribution in [0.2, 0.25) is 0 Å². The van der Waals surface area contributed by atoms with E-state index in [2.05, 4.69) is 4.98 Å². The number of methoxy groups -OCH3 is 2. The topological polar surface area (TPSA) is 101 Å². The molecule has 7 nitrogen and oxygen atoms in total. The van der Waals surface area contributed by atoms with Crippen molar-refractivity contribution in [1.82, 2.24) is 4.98 Å². The summed E-state index contributed by atoms with van der Waals surface area (Å²) in [6, 6.07) is 16.1. The van der Waals surface area contributed by atoms with Gasteiger partial charge in [0.05, 0.1) is 19.8 Å². The first-order valence-electron chi connectivity index (χ1n) is 9.01. The van der Waals surface area contributed by atoms with Gasteiger partial charge >= 0.3 is 0 Å². The number of ether oxygens (including phenoxy) is 3. The van der Waals surface area contributed by atoms with Gasteiger partial charge in [-0.1, -0.05) is 12.1 Å². The minimum atomic E-state index is 0.0439. The number of rotatable bonds is 7. The van der Waals surface area contributed by atoms with Crippen LogP contribution >= 0.6 is 0 Å². The van der Waals surface area contributed by atoms with E-state index in [9.17, 15) is 0 Å². The number of nitrogens with zero attached hydrogens (tertiary/aromatic N) is 3. The quantitative estimate of drug-likeness (QED) is 0.530. The summed E-state index contributed by atoms with van der Waals surface area (Å²) in [7, 11) is 3.17. The summed E-state index contributed by atoms with van der Waals surface area (Å²) in [5.41, 5.74) is 2.14. The highest BCUT2D eigenvalue weighted by Crippen LogP contribution is 2.34. The smallest absolute Gasteiger partial charge is 0.230 e. The van der Waals surface area contributed by atoms with Crippen molar-refractivity contribution in [1.29, 1.82) is 10.5 Å². The average Bonchev–Trinajstić information content (AvgIpc) is 3.16. The zero-order valence-corrected chi connectivity index (χ0v) is 16.8. The molecule has 0 atom stereocenters. The Kier molecular flexibility index (Phi) is 6.36. The van der Waals surface area contributed by atoms with Crippen molar-refractivity contribution in [2.24, 2.45) is 0 Å². The van der Waals surface area contributed by atoms with E-state index in [-0.39, 0.29) is 12.2 Å². The fourth-order valence-corrected chi connectivity index (χ4v) is 2.73. The first-order valence-corrected chi connectivity index (χ1v) is 9.01. The molecule has 0 bridgehead atoms. The van der Waals surface area contributed by atoms with Crippen LogP contribution in [-0.2, 0) is 6.61 Å². The van der Waals surface area contributed by atoms with Crippen molar-refractivity contribution in [2.75, 3.05) is 14.2 Å². The molecular formula is C23H19N3O4. The molecule has 0 radical (unpaired) electrons. The molecule has 0 saturated heterocycles. The summed E-state index contributed by atoms with van der Waals surface area (Å²) in [6.45, 7) is 2.04. The Morgan fingerprint density at radius 1 is 1.03 bits per heavy atom. The standard InChI is InChI=1S/C23H19N3O4/c1-15-21(14-29-18-6-4-16(5-7-18)10-17(12-24)13-25)26-23(30-15)20-11-19(27-2)8-9-22(20)28-3/h4-11H,14H2,1-3H3. The van der Waals surface area contributed by atoms with E-state index >= 15 is 0 Å². The molecule has 0 aliphatic heterocycles. The predicted molar refractivity (Wildman–Crippen MR) is 110 cm³/mol. The Bertz CT molecular complexity index is 1130. The average molecular weight is 401 g/mol. The summed E-state index contributed by atoms with van der Waals surface area (Å²) in [4.78, 5) is 4.55. The zero-order valence-electron chi connectivity index (χ0n) is 16.8. The van der Waals surface area contributed by atoms with Crippen LogP contribution in [0.3, 0.4) is 0 Å². The third-order valence-electron chi connectivity index (χ3n) is 4.34. The van der Waals surface area contributed by atoms with Gasteiger partial charge in [-0.2, -0.15) is 10.5 Å². The molecule has 3 rings (SSSR count). The molecule has 30 heavy (non-hydrogen) atoms. The maximum Gasteiger partial charge on any atom is 0.230 e. The van der Waals surface area contributed by atoms with Gasteiger partial charge in [-0.05, 0) is 48.9 Å². The fourth-order valence-electron chi connectivity index (χ4n) is 2.73. The number of oxazole rings is 1. The lowest BCUT2D eigenvalue weighted by atomic mass is 10.1. The van der Waals surface area contributed by atoms with E-state index in [1.165, 1.54) is 6.08 Å². The van der Waals surface area contributed by atoms with Gasteiger partial charge < -0.3 is 18.6 Å². The van der Waals surface area contributed by atoms with Crippen LogP contribution in [0.1, 0.15) is 17.0 Å². The normalized spacial score (nSPS) is 9.90. The van der Waals surface area contributed by atoms with E-state index in [1.54, 1.807) is 56.7 Å². The van der Waals surface area contributed by atoms with Crippen LogP contribution < -0.4 is 14.2 Å². The molecule has 0 unspecified atom stereocenters. The van der Waals surface area contributed by atoms with Gasteiger partial charge in [0.15, 0.2) is 0 Å². The van der Waals surface area contributed by atoms with Crippen LogP contribution in [0.4, 0.5) is 0 Å². The fraction of sp³-hybridized carbons (Fsp3) is 0.174. The maximum atomic E-state index is 8.83. The third kappa shape index (κ3) is 4.60. The van der Waals surface area contributed by atoms with E-state index in [1.807, 2.05) is 19.1 Å². The molecule has 3 aromatic rings. The number of hydrogen-bond donors (Lipinski definition) is 0. The second-order valence-electron chi connectivity index (χ2n) is 6.23. The second-order valence-corrected chi connectivity index (χ2v) is 6.23. The lowest BCUT2D eigenvalue weighted by Gasteiger charge is -2.07. The summed E-state index contributed by atoms with van der Waals surface area (Å²) < 4.78 is 22.3. The van der Waals surface area contributed by atoms with E-state index in [0.717, 1.165) is 5.56 Å². The molecular weight excluding hydrogens is 382 g/mol. The molecule has 7 heteroatoms. The number of benzene rings is 2. The van der Waals surface area contributed by atoms with E-state index in [0.29, 0.717) is 40.2 Å². The van der Waals surface area contributed by atoms with Crippen LogP contribution in [0.25, 0.3) is 17.5 Å². The molecule has 0 aliphatic rings. The Balaban J connectivity index is 1.76. The molecule has 0 N–H and O–H groups in total. The highest BCUT2D eigenvalue weighted by atomic mass is 16.5. The maximum absolute atomic E-state index is 8.83. The summed E-state index contributed by atoms with van der Waals surface area (Å²) in [5, 5.41) is 17.7. The summed E-state index contributed by atoms with van der Waals surface area (Å²) in [5.74, 6) is 2.99. The van der Waals surface area contributed by atoms with Crippen LogP contribution in [0, 0.1) is 29.6 Å². The third-order valence-corrected chi connectivity index (χ3v) is 4.34. The van der Waals surface area contributed by atoms with Crippen molar-refractivity contribution >= 4 is 6.08 Å². The van der Waals surface area contributed by atoms with Crippen LogP contribution in [0.5, 0.6) is 17.2 Å². The highest BCUT2D eigenvalue weighted by molar-refractivity contribution is 5.65. The van der Waals surface area contributed by atoms with Crippen molar-refractivity contribution in [3.05, 3.63) is 65.1 Å². The highest BCUT2D eigenvalue weighted by Gasteiger charge is 2.17. The Morgan fingerprint density at radius 2 is 1.73 bits per heavy atom. The molecule has 0 fully saturated rings. The monoisotopic (exact) mass is 401 g/mol. The van der Waals surface area contributed by atoms with Crippen LogP contribution in [0.15, 0.2) is 52.5 Å². The van der Waals surface area contributed by atoms with Gasteiger partial charge in [-0.3, -0.25) is 0 Å². The first kappa shape index (κ1) is 20.5. The van der Waals surface area contributed by atoms with Crippen molar-refractivity contribution in [3.63, 3.8) is 0 Å². The number of hydrogen-bond acceptors (Lipinski definition) is 7. The van der Waals surface area contributed by atoms with Gasteiger partial charge in [-0.25, -0.2) is 4.98 Å². The Morgan fingerprint density at radius 3 is 2.37 bits per heavy atom. The molecule has 0 saturated carbocycles. The first-order chi connectivity index (χ1) is 14.6. The molecule has 0 amide bonds. The largest absolute Gasteiger partial charge is 0.497 e. The predicted octanol–water partition coefficient (Wildman–Crippen LogP) is 4.68. The van der Waals surface area contributed by atoms with Gasteiger partial charge in [0.2, 0.25) is 5.89 Å². The molecule has 2 aromatic carbocycles. The lowest BCUT2D eigenvalue weighted by molar-refractivity contribution is 0.299. The molecule has 1 heterocycles. The van der Waals surface area contributed by atoms with Gasteiger partial charge in [-0.15, -0.1) is 0 Å². The van der Waals surface area contributed by atoms with Crippen LogP contribution in [-0.4, -0.2) is 19.2 Å². The molecule has 0 aliphatic carbocycles. The number of allylic oxidation sites excluding steroid dienone is 1. The number of aryl methyl sites for hydroxylation is 1. The van der Waals surface area contributed by atoms with E-state index in [4.69, 9.17) is 29.2 Å². The minimum Gasteiger partial charge on any atom is -0.497 e. The number of nitriles is 2. The summed E-state index contributed by atoms with van der Waals surface area (Å²) >= 11 is 0. The van der Waals surface area contributed by atoms with E-state index < -0.39 is 0 Å². The van der Waals surface area contributed by atoms with Gasteiger partial charge in [0.1, 0.15) is 53.0 Å².